The Labute approximate surface area is 263 Å². The monoisotopic (exact) mass is 619 g/mol. The van der Waals surface area contributed by atoms with Gasteiger partial charge in [-0.05, 0) is 12.8 Å². The fourth-order valence-corrected chi connectivity index (χ4v) is 4.89. The summed E-state index contributed by atoms with van der Waals surface area (Å²) in [6, 6.07) is 0. The number of hydrogen-bond acceptors (Lipinski definition) is 10. The van der Waals surface area contributed by atoms with Crippen LogP contribution in [-0.2, 0) is 45.0 Å². The van der Waals surface area contributed by atoms with Crippen LogP contribution >= 0.6 is 0 Å². The molecular weight excluding hydrogens is 562 g/mol. The highest BCUT2D eigenvalue weighted by Gasteiger charge is 2.13. The number of unbranched alkanes of at least 4 members (excludes halogenated alkanes) is 10. The van der Waals surface area contributed by atoms with Crippen LogP contribution in [0.1, 0.15) is 115 Å². The van der Waals surface area contributed by atoms with Gasteiger partial charge in [-0.2, -0.15) is 0 Å². The second-order valence-corrected chi connectivity index (χ2v) is 11.5. The van der Waals surface area contributed by atoms with Crippen molar-refractivity contribution >= 4 is 11.9 Å². The quantitative estimate of drug-likeness (QED) is 0.107. The molecule has 0 aliphatic heterocycles. The third-order valence-corrected chi connectivity index (χ3v) is 7.58. The van der Waals surface area contributed by atoms with E-state index in [1.54, 1.807) is 0 Å². The summed E-state index contributed by atoms with van der Waals surface area (Å²) in [4.78, 5) is 26.4. The maximum Gasteiger partial charge on any atom is 0.307 e. The molecule has 2 rings (SSSR count). The number of aliphatic hydroxyl groups is 1. The molecule has 0 atom stereocenters. The maximum absolute atomic E-state index is 12.3. The molecule has 0 aliphatic carbocycles. The van der Waals surface area contributed by atoms with Crippen LogP contribution in [-0.4, -0.2) is 91.4 Å². The normalized spacial score (nSPS) is 11.4. The van der Waals surface area contributed by atoms with E-state index in [9.17, 15) is 14.7 Å². The lowest BCUT2D eigenvalue weighted by molar-refractivity contribution is -0.144. The molecule has 0 saturated heterocycles. The summed E-state index contributed by atoms with van der Waals surface area (Å²) in [6.07, 6.45) is 20.0. The van der Waals surface area contributed by atoms with Gasteiger partial charge in [0.1, 0.15) is 0 Å². The standard InChI is InChI=1S/C32H57N7O5/c1-3-5-7-9-11-13-19-38-27-29(33-35-38)17-25-43-31(41)15-21-37(23-24-40)22-16-32(42)44-26-18-30-28-39(36-34-30)20-14-12-10-8-6-4-2/h27-28,40H,3-26H2,1-2H3. The highest BCUT2D eigenvalue weighted by atomic mass is 16.5. The van der Waals surface area contributed by atoms with Gasteiger partial charge >= 0.3 is 11.9 Å². The molecular formula is C32H57N7O5. The lowest BCUT2D eigenvalue weighted by Gasteiger charge is -2.20. The van der Waals surface area contributed by atoms with Crippen molar-refractivity contribution in [3.05, 3.63) is 23.8 Å². The Kier molecular flexibility index (Phi) is 20.8. The van der Waals surface area contributed by atoms with Gasteiger partial charge in [-0.3, -0.25) is 23.9 Å². The molecule has 0 aromatic carbocycles. The molecule has 0 aliphatic rings. The summed E-state index contributed by atoms with van der Waals surface area (Å²) in [6.45, 7) is 7.72. The van der Waals surface area contributed by atoms with Crippen LogP contribution in [0.3, 0.4) is 0 Å². The SMILES string of the molecule is CCCCCCCCn1cc(CCOC(=O)CCN(CCO)CCC(=O)OCCc2cn(CCCCCCCC)nn2)nn1. The van der Waals surface area contributed by atoms with Crippen molar-refractivity contribution in [3.63, 3.8) is 0 Å². The number of esters is 2. The van der Waals surface area contributed by atoms with Crippen LogP contribution in [0.5, 0.6) is 0 Å². The number of nitrogens with zero attached hydrogens (tertiary/aromatic N) is 7. The Morgan fingerprint density at radius 1 is 0.682 bits per heavy atom. The smallest absolute Gasteiger partial charge is 0.307 e. The number of rotatable bonds is 28. The fraction of sp³-hybridized carbons (Fsp3) is 0.812. The first-order chi connectivity index (χ1) is 21.5. The summed E-state index contributed by atoms with van der Waals surface area (Å²) in [7, 11) is 0. The Morgan fingerprint density at radius 3 is 1.55 bits per heavy atom. The Hall–Kier alpha value is -2.86. The number of aliphatic hydroxyl groups excluding tert-OH is 1. The molecule has 0 radical (unpaired) electrons. The zero-order chi connectivity index (χ0) is 31.7. The van der Waals surface area contributed by atoms with Gasteiger partial charge in [-0.25, -0.2) is 0 Å². The van der Waals surface area contributed by atoms with Crippen molar-refractivity contribution in [2.75, 3.05) is 39.5 Å². The molecule has 0 amide bonds. The lowest BCUT2D eigenvalue weighted by atomic mass is 10.1. The molecule has 0 bridgehead atoms. The maximum atomic E-state index is 12.3. The van der Waals surface area contributed by atoms with Gasteiger partial charge in [0.25, 0.3) is 0 Å². The number of carbonyl (C=O) groups excluding carboxylic acids is 2. The van der Waals surface area contributed by atoms with E-state index in [4.69, 9.17) is 9.47 Å². The van der Waals surface area contributed by atoms with Crippen LogP contribution in [0.4, 0.5) is 0 Å². The summed E-state index contributed by atoms with van der Waals surface area (Å²) in [5.74, 6) is -0.640. The van der Waals surface area contributed by atoms with E-state index in [1.165, 1.54) is 64.2 Å². The average Bonchev–Trinajstić information content (AvgIpc) is 3.67. The number of hydrogen-bond donors (Lipinski definition) is 1. The van der Waals surface area contributed by atoms with E-state index in [-0.39, 0.29) is 44.6 Å². The highest BCUT2D eigenvalue weighted by molar-refractivity contribution is 5.70. The predicted octanol–water partition coefficient (Wildman–Crippen LogP) is 4.54. The summed E-state index contributed by atoms with van der Waals surface area (Å²) in [5, 5.41) is 26.1. The molecule has 44 heavy (non-hydrogen) atoms. The third kappa shape index (κ3) is 18.1. The van der Waals surface area contributed by atoms with Crippen LogP contribution < -0.4 is 0 Å². The largest absolute Gasteiger partial charge is 0.465 e. The molecule has 12 heteroatoms. The minimum atomic E-state index is -0.320. The van der Waals surface area contributed by atoms with Gasteiger partial charge < -0.3 is 14.6 Å². The molecule has 0 fully saturated rings. The van der Waals surface area contributed by atoms with Gasteiger partial charge in [0.2, 0.25) is 0 Å². The van der Waals surface area contributed by atoms with Crippen molar-refractivity contribution in [1.82, 2.24) is 34.9 Å². The molecule has 0 spiro atoms. The molecule has 0 unspecified atom stereocenters. The topological polar surface area (TPSA) is 137 Å². The average molecular weight is 620 g/mol. The van der Waals surface area contributed by atoms with E-state index >= 15 is 0 Å². The third-order valence-electron chi connectivity index (χ3n) is 7.58. The first-order valence-electron chi connectivity index (χ1n) is 17.0. The Morgan fingerprint density at radius 2 is 1.11 bits per heavy atom. The van der Waals surface area contributed by atoms with Crippen molar-refractivity contribution < 1.29 is 24.2 Å². The molecule has 2 aromatic heterocycles. The van der Waals surface area contributed by atoms with Crippen molar-refractivity contribution in [3.8, 4) is 0 Å². The lowest BCUT2D eigenvalue weighted by Crippen LogP contribution is -2.32. The summed E-state index contributed by atoms with van der Waals surface area (Å²) < 4.78 is 14.5. The number of aromatic nitrogens is 6. The van der Waals surface area contributed by atoms with Crippen molar-refractivity contribution in [1.29, 1.82) is 0 Å². The van der Waals surface area contributed by atoms with E-state index in [2.05, 4.69) is 34.5 Å². The first kappa shape index (κ1) is 37.3. The van der Waals surface area contributed by atoms with E-state index in [0.29, 0.717) is 32.5 Å². The van der Waals surface area contributed by atoms with Crippen LogP contribution in [0.2, 0.25) is 0 Å². The highest BCUT2D eigenvalue weighted by Crippen LogP contribution is 2.08. The van der Waals surface area contributed by atoms with E-state index in [0.717, 1.165) is 37.3 Å². The second-order valence-electron chi connectivity index (χ2n) is 11.5. The zero-order valence-electron chi connectivity index (χ0n) is 27.3. The minimum absolute atomic E-state index is 0.0626. The summed E-state index contributed by atoms with van der Waals surface area (Å²) >= 11 is 0. The molecule has 2 heterocycles. The predicted molar refractivity (Wildman–Crippen MR) is 169 cm³/mol. The zero-order valence-corrected chi connectivity index (χ0v) is 27.3. The number of aryl methyl sites for hydroxylation is 2. The van der Waals surface area contributed by atoms with Gasteiger partial charge in [0.05, 0.1) is 44.1 Å². The van der Waals surface area contributed by atoms with Crippen LogP contribution in [0, 0.1) is 0 Å². The van der Waals surface area contributed by atoms with Gasteiger partial charge in [-0.15, -0.1) is 10.2 Å². The van der Waals surface area contributed by atoms with Crippen molar-refractivity contribution in [2.24, 2.45) is 0 Å². The van der Waals surface area contributed by atoms with Crippen LogP contribution in [0.25, 0.3) is 0 Å². The molecule has 12 nitrogen and oxygen atoms in total. The summed E-state index contributed by atoms with van der Waals surface area (Å²) in [5.41, 5.74) is 1.61. The second kappa shape index (κ2) is 24.5. The van der Waals surface area contributed by atoms with Crippen LogP contribution in [0.15, 0.2) is 12.4 Å². The molecule has 0 saturated carbocycles. The van der Waals surface area contributed by atoms with Gasteiger partial charge in [-0.1, -0.05) is 88.5 Å². The van der Waals surface area contributed by atoms with Crippen molar-refractivity contribution in [2.45, 2.75) is 130 Å². The molecule has 250 valence electrons. The van der Waals surface area contributed by atoms with E-state index < -0.39 is 0 Å². The van der Waals surface area contributed by atoms with Gasteiger partial charge in [0.15, 0.2) is 0 Å². The number of ether oxygens (including phenoxy) is 2. The minimum Gasteiger partial charge on any atom is -0.465 e. The first-order valence-corrected chi connectivity index (χ1v) is 17.0. The molecule has 1 N–H and O–H groups in total. The Bertz CT molecular complexity index is 937. The van der Waals surface area contributed by atoms with E-state index in [1.807, 2.05) is 26.7 Å². The Balaban J connectivity index is 1.54. The fourth-order valence-electron chi connectivity index (χ4n) is 4.89. The molecule has 2 aromatic rings. The van der Waals surface area contributed by atoms with Gasteiger partial charge in [0, 0.05) is 58.0 Å². The number of carbonyl (C=O) groups is 2.